The highest BCUT2D eigenvalue weighted by Gasteiger charge is 2.08. The lowest BCUT2D eigenvalue weighted by atomic mass is 10.2. The van der Waals surface area contributed by atoms with Crippen LogP contribution in [0.4, 0.5) is 5.69 Å². The van der Waals surface area contributed by atoms with E-state index in [-0.39, 0.29) is 5.91 Å². The third-order valence-corrected chi connectivity index (χ3v) is 4.00. The first-order chi connectivity index (χ1) is 8.66. The molecule has 0 atom stereocenters. The van der Waals surface area contributed by atoms with Crippen LogP contribution in [-0.2, 0) is 11.2 Å². The van der Waals surface area contributed by atoms with Crippen LogP contribution in [0.5, 0.6) is 0 Å². The standard InChI is InChI=1S/C13H11Cl2NOS/c14-10-2-1-3-11(13(10)15)16-12(17)5-4-9-6-7-18-8-9/h1-3,6-8H,4-5H2,(H,16,17). The Morgan fingerprint density at radius 3 is 2.83 bits per heavy atom. The minimum absolute atomic E-state index is 0.0645. The lowest BCUT2D eigenvalue weighted by Crippen LogP contribution is -2.12. The molecule has 0 radical (unpaired) electrons. The van der Waals surface area contributed by atoms with Crippen molar-refractivity contribution in [2.75, 3.05) is 5.32 Å². The molecule has 2 rings (SSSR count). The Morgan fingerprint density at radius 1 is 1.28 bits per heavy atom. The molecule has 0 bridgehead atoms. The zero-order chi connectivity index (χ0) is 13.0. The first kappa shape index (κ1) is 13.4. The van der Waals surface area contributed by atoms with Crippen LogP contribution in [0.1, 0.15) is 12.0 Å². The van der Waals surface area contributed by atoms with Crippen LogP contribution >= 0.6 is 34.5 Å². The van der Waals surface area contributed by atoms with Crippen molar-refractivity contribution in [2.24, 2.45) is 0 Å². The van der Waals surface area contributed by atoms with Crippen LogP contribution in [0.3, 0.4) is 0 Å². The molecule has 0 saturated heterocycles. The number of benzene rings is 1. The summed E-state index contributed by atoms with van der Waals surface area (Å²) in [6.07, 6.45) is 1.16. The van der Waals surface area contributed by atoms with Gasteiger partial charge in [0.05, 0.1) is 15.7 Å². The van der Waals surface area contributed by atoms with Crippen molar-refractivity contribution in [1.82, 2.24) is 0 Å². The number of rotatable bonds is 4. The fraction of sp³-hybridized carbons (Fsp3) is 0.154. The molecule has 0 saturated carbocycles. The van der Waals surface area contributed by atoms with Gasteiger partial charge < -0.3 is 5.32 Å². The predicted molar refractivity (Wildman–Crippen MR) is 77.7 cm³/mol. The molecule has 0 aliphatic rings. The molecule has 0 fully saturated rings. The lowest BCUT2D eigenvalue weighted by molar-refractivity contribution is -0.116. The molecule has 1 N–H and O–H groups in total. The van der Waals surface area contributed by atoms with Gasteiger partial charge in [-0.25, -0.2) is 0 Å². The fourth-order valence-electron chi connectivity index (χ4n) is 1.51. The number of thiophene rings is 1. The Hall–Kier alpha value is -1.03. The maximum absolute atomic E-state index is 11.8. The molecular formula is C13H11Cl2NOS. The lowest BCUT2D eigenvalue weighted by Gasteiger charge is -2.07. The van der Waals surface area contributed by atoms with Crippen LogP contribution in [0.2, 0.25) is 10.0 Å². The van der Waals surface area contributed by atoms with E-state index in [1.807, 2.05) is 16.8 Å². The molecule has 0 spiro atoms. The van der Waals surface area contributed by atoms with E-state index in [4.69, 9.17) is 23.2 Å². The van der Waals surface area contributed by atoms with Crippen molar-refractivity contribution < 1.29 is 4.79 Å². The molecule has 94 valence electrons. The highest BCUT2D eigenvalue weighted by atomic mass is 35.5. The van der Waals surface area contributed by atoms with E-state index in [2.05, 4.69) is 5.32 Å². The van der Waals surface area contributed by atoms with Gasteiger partial charge in [0.15, 0.2) is 0 Å². The van der Waals surface area contributed by atoms with Crippen LogP contribution < -0.4 is 5.32 Å². The summed E-state index contributed by atoms with van der Waals surface area (Å²) in [7, 11) is 0. The zero-order valence-electron chi connectivity index (χ0n) is 9.45. The van der Waals surface area contributed by atoms with Gasteiger partial charge in [0.1, 0.15) is 0 Å². The molecular weight excluding hydrogens is 289 g/mol. The highest BCUT2D eigenvalue weighted by molar-refractivity contribution is 7.07. The minimum atomic E-state index is -0.0645. The molecule has 1 heterocycles. The highest BCUT2D eigenvalue weighted by Crippen LogP contribution is 2.29. The summed E-state index contributed by atoms with van der Waals surface area (Å²) >= 11 is 13.5. The average Bonchev–Trinajstić information content (AvgIpc) is 2.86. The van der Waals surface area contributed by atoms with Gasteiger partial charge in [0.2, 0.25) is 5.91 Å². The van der Waals surface area contributed by atoms with Gasteiger partial charge in [-0.2, -0.15) is 11.3 Å². The number of carbonyl (C=O) groups is 1. The SMILES string of the molecule is O=C(CCc1ccsc1)Nc1cccc(Cl)c1Cl. The predicted octanol–water partition coefficient (Wildman–Crippen LogP) is 4.63. The van der Waals surface area contributed by atoms with E-state index < -0.39 is 0 Å². The van der Waals surface area contributed by atoms with Crippen molar-refractivity contribution in [3.8, 4) is 0 Å². The first-order valence-electron chi connectivity index (χ1n) is 5.42. The van der Waals surface area contributed by atoms with Gasteiger partial charge in [-0.1, -0.05) is 29.3 Å². The smallest absolute Gasteiger partial charge is 0.224 e. The molecule has 5 heteroatoms. The van der Waals surface area contributed by atoms with Crippen LogP contribution in [-0.4, -0.2) is 5.91 Å². The van der Waals surface area contributed by atoms with Crippen LogP contribution in [0, 0.1) is 0 Å². The van der Waals surface area contributed by atoms with Crippen molar-refractivity contribution in [2.45, 2.75) is 12.8 Å². The second-order valence-electron chi connectivity index (χ2n) is 3.78. The minimum Gasteiger partial charge on any atom is -0.325 e. The zero-order valence-corrected chi connectivity index (χ0v) is 11.8. The van der Waals surface area contributed by atoms with Crippen LogP contribution in [0.15, 0.2) is 35.0 Å². The molecule has 0 unspecified atom stereocenters. The maximum Gasteiger partial charge on any atom is 0.224 e. The third-order valence-electron chi connectivity index (χ3n) is 2.45. The number of halogens is 2. The Balaban J connectivity index is 1.93. The second kappa shape index (κ2) is 6.23. The number of hydrogen-bond acceptors (Lipinski definition) is 2. The fourth-order valence-corrected chi connectivity index (χ4v) is 2.56. The number of aryl methyl sites for hydroxylation is 1. The summed E-state index contributed by atoms with van der Waals surface area (Å²) in [6, 6.07) is 7.19. The Bertz CT molecular complexity index is 540. The average molecular weight is 300 g/mol. The topological polar surface area (TPSA) is 29.1 Å². The van der Waals surface area contributed by atoms with Gasteiger partial charge in [-0.3, -0.25) is 4.79 Å². The molecule has 18 heavy (non-hydrogen) atoms. The summed E-state index contributed by atoms with van der Waals surface area (Å²) in [5.41, 5.74) is 1.73. The Morgan fingerprint density at radius 2 is 2.11 bits per heavy atom. The number of hydrogen-bond donors (Lipinski definition) is 1. The summed E-state index contributed by atoms with van der Waals surface area (Å²) in [6.45, 7) is 0. The molecule has 1 amide bonds. The van der Waals surface area contributed by atoms with Crippen molar-refractivity contribution >= 4 is 46.1 Å². The van der Waals surface area contributed by atoms with E-state index >= 15 is 0 Å². The van der Waals surface area contributed by atoms with Crippen LogP contribution in [0.25, 0.3) is 0 Å². The first-order valence-corrected chi connectivity index (χ1v) is 7.11. The van der Waals surface area contributed by atoms with Gasteiger partial charge in [0.25, 0.3) is 0 Å². The van der Waals surface area contributed by atoms with E-state index in [0.717, 1.165) is 6.42 Å². The summed E-state index contributed by atoms with van der Waals surface area (Å²) in [4.78, 5) is 11.8. The quantitative estimate of drug-likeness (QED) is 0.876. The molecule has 2 nitrogen and oxygen atoms in total. The number of carbonyl (C=O) groups excluding carboxylic acids is 1. The number of nitrogens with one attached hydrogen (secondary N) is 1. The number of amides is 1. The largest absolute Gasteiger partial charge is 0.325 e. The monoisotopic (exact) mass is 299 g/mol. The summed E-state index contributed by atoms with van der Waals surface area (Å²) in [5, 5.41) is 7.62. The van der Waals surface area contributed by atoms with E-state index in [0.29, 0.717) is 22.2 Å². The summed E-state index contributed by atoms with van der Waals surface area (Å²) < 4.78 is 0. The normalized spacial score (nSPS) is 10.3. The van der Waals surface area contributed by atoms with Crippen molar-refractivity contribution in [1.29, 1.82) is 0 Å². The molecule has 1 aromatic heterocycles. The van der Waals surface area contributed by atoms with E-state index in [9.17, 15) is 4.79 Å². The van der Waals surface area contributed by atoms with Gasteiger partial charge in [0, 0.05) is 6.42 Å². The van der Waals surface area contributed by atoms with Gasteiger partial charge in [-0.15, -0.1) is 0 Å². The van der Waals surface area contributed by atoms with Gasteiger partial charge >= 0.3 is 0 Å². The molecule has 0 aliphatic carbocycles. The molecule has 2 aromatic rings. The van der Waals surface area contributed by atoms with Crippen molar-refractivity contribution in [3.63, 3.8) is 0 Å². The molecule has 0 aliphatic heterocycles. The number of anilines is 1. The summed E-state index contributed by atoms with van der Waals surface area (Å²) in [5.74, 6) is -0.0645. The Kier molecular flexibility index (Phi) is 4.64. The second-order valence-corrected chi connectivity index (χ2v) is 5.35. The maximum atomic E-state index is 11.8. The van der Waals surface area contributed by atoms with Crippen molar-refractivity contribution in [3.05, 3.63) is 50.6 Å². The van der Waals surface area contributed by atoms with E-state index in [1.54, 1.807) is 29.5 Å². The third kappa shape index (κ3) is 3.48. The molecule has 1 aromatic carbocycles. The Labute approximate surface area is 120 Å². The van der Waals surface area contributed by atoms with Gasteiger partial charge in [-0.05, 0) is 40.9 Å². The van der Waals surface area contributed by atoms with E-state index in [1.165, 1.54) is 5.56 Å².